The predicted octanol–water partition coefficient (Wildman–Crippen LogP) is 4.91. The molecule has 158 valence electrons. The molecule has 8 heteroatoms. The number of aromatic nitrogens is 2. The first kappa shape index (κ1) is 22.0. The number of carbonyl (C=O) groups is 1. The Balaban J connectivity index is 1.77. The van der Waals surface area contributed by atoms with Crippen molar-refractivity contribution >= 4 is 39.6 Å². The molecule has 6 nitrogen and oxygen atoms in total. The summed E-state index contributed by atoms with van der Waals surface area (Å²) in [7, 11) is 0. The van der Waals surface area contributed by atoms with Gasteiger partial charge in [-0.15, -0.1) is 11.3 Å². The third kappa shape index (κ3) is 4.88. The number of benzene rings is 1. The summed E-state index contributed by atoms with van der Waals surface area (Å²) < 4.78 is 7.21. The van der Waals surface area contributed by atoms with E-state index < -0.39 is 0 Å². The number of thiophene rings is 1. The lowest BCUT2D eigenvalue weighted by Crippen LogP contribution is -2.28. The molecule has 0 aliphatic rings. The fourth-order valence-corrected chi connectivity index (χ4v) is 4.50. The molecule has 0 saturated heterocycles. The van der Waals surface area contributed by atoms with Gasteiger partial charge in [-0.25, -0.2) is 4.79 Å². The Kier molecular flexibility index (Phi) is 7.23. The molecule has 0 atom stereocenters. The van der Waals surface area contributed by atoms with Gasteiger partial charge in [0.2, 0.25) is 0 Å². The molecular formula is C22H26N4O2S2. The Morgan fingerprint density at radius 3 is 2.60 bits per heavy atom. The number of ether oxygens (including phenoxy) is 1. The van der Waals surface area contributed by atoms with Crippen LogP contribution < -0.4 is 10.6 Å². The maximum Gasteiger partial charge on any atom is 0.341 e. The van der Waals surface area contributed by atoms with E-state index in [2.05, 4.69) is 29.6 Å². The number of hydrogen-bond donors (Lipinski definition) is 2. The van der Waals surface area contributed by atoms with Gasteiger partial charge in [-0.2, -0.15) is 5.10 Å². The van der Waals surface area contributed by atoms with E-state index in [-0.39, 0.29) is 5.97 Å². The lowest BCUT2D eigenvalue weighted by atomic mass is 10.1. The van der Waals surface area contributed by atoms with Crippen LogP contribution in [0.15, 0.2) is 36.4 Å². The molecule has 0 aliphatic heterocycles. The zero-order chi connectivity index (χ0) is 21.7. The molecule has 3 rings (SSSR count). The van der Waals surface area contributed by atoms with E-state index in [1.54, 1.807) is 6.92 Å². The fraction of sp³-hybridized carbons (Fsp3) is 0.318. The van der Waals surface area contributed by atoms with Gasteiger partial charge in [-0.3, -0.25) is 4.68 Å². The number of hydrogen-bond acceptors (Lipinski definition) is 5. The smallest absolute Gasteiger partial charge is 0.341 e. The van der Waals surface area contributed by atoms with Crippen molar-refractivity contribution in [3.63, 3.8) is 0 Å². The van der Waals surface area contributed by atoms with Crippen molar-refractivity contribution in [2.24, 2.45) is 0 Å². The number of rotatable bonds is 7. The number of carbonyl (C=O) groups excluding carboxylic acids is 1. The van der Waals surface area contributed by atoms with Crippen LogP contribution in [-0.2, 0) is 17.8 Å². The SMILES string of the molecule is CCOC(=O)c1cc(-c2ccccc2)sc1NC(=S)NCc1c(C)nn(CC)c1C. The Morgan fingerprint density at radius 2 is 1.97 bits per heavy atom. The second-order valence-electron chi connectivity index (χ2n) is 6.71. The third-order valence-electron chi connectivity index (χ3n) is 4.77. The quantitative estimate of drug-likeness (QED) is 0.400. The van der Waals surface area contributed by atoms with Gasteiger partial charge in [0.05, 0.1) is 17.9 Å². The molecule has 1 aromatic carbocycles. The van der Waals surface area contributed by atoms with Gasteiger partial charge < -0.3 is 15.4 Å². The Hall–Kier alpha value is -2.71. The van der Waals surface area contributed by atoms with Crippen LogP contribution in [0, 0.1) is 13.8 Å². The minimum Gasteiger partial charge on any atom is -0.462 e. The van der Waals surface area contributed by atoms with E-state index in [9.17, 15) is 4.79 Å². The summed E-state index contributed by atoms with van der Waals surface area (Å²) in [6, 6.07) is 11.8. The summed E-state index contributed by atoms with van der Waals surface area (Å²) in [6.07, 6.45) is 0. The fourth-order valence-electron chi connectivity index (χ4n) is 3.20. The summed E-state index contributed by atoms with van der Waals surface area (Å²) in [5.74, 6) is -0.364. The van der Waals surface area contributed by atoms with Crippen molar-refractivity contribution in [1.29, 1.82) is 0 Å². The van der Waals surface area contributed by atoms with Crippen LogP contribution in [0.3, 0.4) is 0 Å². The standard InChI is InChI=1S/C22H26N4O2S2/c1-5-26-15(4)18(14(3)25-26)13-23-22(29)24-20-17(21(27)28-6-2)12-19(30-20)16-10-8-7-9-11-16/h7-12H,5-6,13H2,1-4H3,(H2,23,24,29). The van der Waals surface area contributed by atoms with Crippen LogP contribution in [0.5, 0.6) is 0 Å². The van der Waals surface area contributed by atoms with Gasteiger partial charge in [-0.1, -0.05) is 30.3 Å². The second-order valence-corrected chi connectivity index (χ2v) is 8.17. The van der Waals surface area contributed by atoms with Crippen molar-refractivity contribution in [2.45, 2.75) is 40.8 Å². The van der Waals surface area contributed by atoms with Crippen LogP contribution in [0.25, 0.3) is 10.4 Å². The van der Waals surface area contributed by atoms with Gasteiger partial charge in [0, 0.05) is 29.2 Å². The van der Waals surface area contributed by atoms with Gasteiger partial charge in [-0.05, 0) is 51.5 Å². The highest BCUT2D eigenvalue weighted by atomic mass is 32.1. The molecule has 3 aromatic rings. The monoisotopic (exact) mass is 442 g/mol. The van der Waals surface area contributed by atoms with Gasteiger partial charge in [0.15, 0.2) is 5.11 Å². The van der Waals surface area contributed by atoms with E-state index in [0.29, 0.717) is 28.8 Å². The molecule has 0 amide bonds. The molecule has 0 aliphatic carbocycles. The van der Waals surface area contributed by atoms with E-state index in [4.69, 9.17) is 17.0 Å². The maximum absolute atomic E-state index is 12.5. The van der Waals surface area contributed by atoms with Crippen molar-refractivity contribution in [1.82, 2.24) is 15.1 Å². The Labute approximate surface area is 186 Å². The highest BCUT2D eigenvalue weighted by Crippen LogP contribution is 2.36. The van der Waals surface area contributed by atoms with Crippen molar-refractivity contribution in [2.75, 3.05) is 11.9 Å². The summed E-state index contributed by atoms with van der Waals surface area (Å²) in [4.78, 5) is 13.4. The van der Waals surface area contributed by atoms with Gasteiger partial charge >= 0.3 is 5.97 Å². The molecule has 0 spiro atoms. The van der Waals surface area contributed by atoms with Crippen LogP contribution in [-0.4, -0.2) is 27.5 Å². The average molecular weight is 443 g/mol. The number of anilines is 1. The number of esters is 1. The minimum absolute atomic E-state index is 0.317. The molecular weight excluding hydrogens is 416 g/mol. The minimum atomic E-state index is -0.364. The van der Waals surface area contributed by atoms with Crippen molar-refractivity contribution < 1.29 is 9.53 Å². The zero-order valence-corrected chi connectivity index (χ0v) is 19.2. The molecule has 0 fully saturated rings. The summed E-state index contributed by atoms with van der Waals surface area (Å²) in [5, 5.41) is 12.1. The molecule has 0 bridgehead atoms. The Morgan fingerprint density at radius 1 is 1.23 bits per heavy atom. The topological polar surface area (TPSA) is 68.2 Å². The molecule has 0 saturated carbocycles. The highest BCUT2D eigenvalue weighted by molar-refractivity contribution is 7.80. The number of aryl methyl sites for hydroxylation is 2. The number of nitrogens with zero attached hydrogens (tertiary/aromatic N) is 2. The van der Waals surface area contributed by atoms with Crippen molar-refractivity contribution in [3.05, 3.63) is 58.9 Å². The third-order valence-corrected chi connectivity index (χ3v) is 6.12. The summed E-state index contributed by atoms with van der Waals surface area (Å²) >= 11 is 6.97. The molecule has 0 radical (unpaired) electrons. The molecule has 30 heavy (non-hydrogen) atoms. The van der Waals surface area contributed by atoms with Crippen LogP contribution >= 0.6 is 23.6 Å². The number of thiocarbonyl (C=S) groups is 1. The van der Waals surface area contributed by atoms with Gasteiger partial charge in [0.1, 0.15) is 5.00 Å². The highest BCUT2D eigenvalue weighted by Gasteiger charge is 2.19. The van der Waals surface area contributed by atoms with Crippen LogP contribution in [0.1, 0.15) is 41.2 Å². The average Bonchev–Trinajstić information content (AvgIpc) is 3.28. The Bertz CT molecular complexity index is 1040. The van der Waals surface area contributed by atoms with E-state index >= 15 is 0 Å². The second kappa shape index (κ2) is 9.86. The van der Waals surface area contributed by atoms with E-state index in [1.165, 1.54) is 11.3 Å². The first-order valence-electron chi connectivity index (χ1n) is 9.88. The molecule has 2 aromatic heterocycles. The predicted molar refractivity (Wildman–Crippen MR) is 126 cm³/mol. The summed E-state index contributed by atoms with van der Waals surface area (Å²) in [6.45, 7) is 9.63. The van der Waals surface area contributed by atoms with E-state index in [1.807, 2.05) is 48.0 Å². The maximum atomic E-state index is 12.5. The molecule has 2 N–H and O–H groups in total. The van der Waals surface area contributed by atoms with Gasteiger partial charge in [0.25, 0.3) is 0 Å². The summed E-state index contributed by atoms with van der Waals surface area (Å²) in [5.41, 5.74) is 4.76. The largest absolute Gasteiger partial charge is 0.462 e. The molecule has 2 heterocycles. The lowest BCUT2D eigenvalue weighted by Gasteiger charge is -2.11. The van der Waals surface area contributed by atoms with Crippen molar-refractivity contribution in [3.8, 4) is 10.4 Å². The molecule has 0 unspecified atom stereocenters. The first-order chi connectivity index (χ1) is 14.4. The normalized spacial score (nSPS) is 10.7. The van der Waals surface area contributed by atoms with E-state index in [0.717, 1.165) is 33.9 Å². The van der Waals surface area contributed by atoms with Crippen LogP contribution in [0.4, 0.5) is 5.00 Å². The first-order valence-corrected chi connectivity index (χ1v) is 11.1. The zero-order valence-electron chi connectivity index (χ0n) is 17.6. The lowest BCUT2D eigenvalue weighted by molar-refractivity contribution is 0.0528. The van der Waals surface area contributed by atoms with Crippen LogP contribution in [0.2, 0.25) is 0 Å². The number of nitrogens with one attached hydrogen (secondary N) is 2.